The van der Waals surface area contributed by atoms with Gasteiger partial charge in [-0.2, -0.15) is 9.78 Å². The Morgan fingerprint density at radius 1 is 1.02 bits per heavy atom. The summed E-state index contributed by atoms with van der Waals surface area (Å²) < 4.78 is 13.9. The number of furan rings is 1. The van der Waals surface area contributed by atoms with E-state index >= 15 is 0 Å². The first-order valence-electron chi connectivity index (χ1n) is 12.8. The summed E-state index contributed by atoms with van der Waals surface area (Å²) >= 11 is 3.48. The quantitative estimate of drug-likeness (QED) is 0.202. The van der Waals surface area contributed by atoms with Crippen molar-refractivity contribution in [3.8, 4) is 17.3 Å². The average molecular weight is 607 g/mol. The van der Waals surface area contributed by atoms with E-state index < -0.39 is 0 Å². The first-order chi connectivity index (χ1) is 19.9. The van der Waals surface area contributed by atoms with Crippen LogP contribution >= 0.6 is 15.9 Å². The number of benzene rings is 4. The van der Waals surface area contributed by atoms with Gasteiger partial charge in [-0.1, -0.05) is 57.9 Å². The fraction of sp³-hybridized carbons (Fsp3) is 0.0625. The molecular formula is C32H23BrN4O4. The minimum atomic E-state index is -0.330. The van der Waals surface area contributed by atoms with Crippen molar-refractivity contribution in [3.05, 3.63) is 123 Å². The van der Waals surface area contributed by atoms with Crippen LogP contribution in [0.1, 0.15) is 11.1 Å². The number of amides is 1. The normalized spacial score (nSPS) is 11.4. The highest BCUT2D eigenvalue weighted by Gasteiger charge is 2.16. The van der Waals surface area contributed by atoms with Gasteiger partial charge in [0.1, 0.15) is 11.3 Å². The van der Waals surface area contributed by atoms with E-state index in [4.69, 9.17) is 14.1 Å². The molecule has 0 aliphatic carbocycles. The van der Waals surface area contributed by atoms with Crippen LogP contribution in [0.3, 0.4) is 0 Å². The number of para-hydroxylation sites is 1. The van der Waals surface area contributed by atoms with Crippen LogP contribution in [0.2, 0.25) is 0 Å². The second kappa shape index (κ2) is 11.2. The summed E-state index contributed by atoms with van der Waals surface area (Å²) in [7, 11) is 0. The second-order valence-electron chi connectivity index (χ2n) is 9.38. The van der Waals surface area contributed by atoms with Crippen molar-refractivity contribution in [1.82, 2.24) is 9.66 Å². The monoisotopic (exact) mass is 606 g/mol. The molecule has 1 N–H and O–H groups in total. The van der Waals surface area contributed by atoms with Crippen LogP contribution in [-0.4, -0.2) is 28.4 Å². The number of carbonyl (C=O) groups is 1. The highest BCUT2D eigenvalue weighted by atomic mass is 79.9. The van der Waals surface area contributed by atoms with Crippen LogP contribution < -0.4 is 15.6 Å². The zero-order valence-electron chi connectivity index (χ0n) is 21.9. The van der Waals surface area contributed by atoms with Crippen molar-refractivity contribution < 1.29 is 13.9 Å². The lowest BCUT2D eigenvalue weighted by Gasteiger charge is -2.09. The predicted molar refractivity (Wildman–Crippen MR) is 164 cm³/mol. The van der Waals surface area contributed by atoms with Gasteiger partial charge >= 0.3 is 0 Å². The van der Waals surface area contributed by atoms with E-state index in [2.05, 4.69) is 26.3 Å². The van der Waals surface area contributed by atoms with Crippen LogP contribution in [0, 0.1) is 6.92 Å². The number of rotatable bonds is 7. The van der Waals surface area contributed by atoms with Gasteiger partial charge in [-0.15, -0.1) is 0 Å². The van der Waals surface area contributed by atoms with Gasteiger partial charge in [0, 0.05) is 15.5 Å². The zero-order valence-corrected chi connectivity index (χ0v) is 23.5. The topological polar surface area (TPSA) is 98.7 Å². The summed E-state index contributed by atoms with van der Waals surface area (Å²) in [5.41, 5.74) is 3.35. The maximum Gasteiger partial charge on any atom is 0.282 e. The number of anilines is 1. The van der Waals surface area contributed by atoms with Gasteiger partial charge in [0.15, 0.2) is 12.4 Å². The summed E-state index contributed by atoms with van der Waals surface area (Å²) in [4.78, 5) is 30.6. The number of carbonyl (C=O) groups excluding carboxylic acids is 1. The molecule has 0 fully saturated rings. The first-order valence-corrected chi connectivity index (χ1v) is 13.6. The van der Waals surface area contributed by atoms with Crippen LogP contribution in [0.4, 0.5) is 5.69 Å². The molecule has 6 rings (SSSR count). The number of fused-ring (bicyclic) bond motifs is 2. The Labute approximate surface area is 243 Å². The Bertz CT molecular complexity index is 1990. The lowest BCUT2D eigenvalue weighted by Crippen LogP contribution is -2.20. The predicted octanol–water partition coefficient (Wildman–Crippen LogP) is 6.78. The van der Waals surface area contributed by atoms with E-state index in [1.165, 1.54) is 4.68 Å². The van der Waals surface area contributed by atoms with Gasteiger partial charge in [0.05, 0.1) is 17.1 Å². The molecule has 0 saturated heterocycles. The number of aryl methyl sites for hydroxylation is 1. The largest absolute Gasteiger partial charge is 0.484 e. The molecule has 0 aliphatic heterocycles. The van der Waals surface area contributed by atoms with Gasteiger partial charge in [-0.3, -0.25) is 9.59 Å². The lowest BCUT2D eigenvalue weighted by atomic mass is 10.2. The molecule has 202 valence electrons. The van der Waals surface area contributed by atoms with E-state index in [0.29, 0.717) is 39.2 Å². The maximum absolute atomic E-state index is 13.5. The van der Waals surface area contributed by atoms with Crippen LogP contribution in [0.25, 0.3) is 33.5 Å². The second-order valence-corrected chi connectivity index (χ2v) is 10.3. The number of aromatic nitrogens is 2. The van der Waals surface area contributed by atoms with Crippen LogP contribution in [0.5, 0.6) is 5.75 Å². The Morgan fingerprint density at radius 3 is 2.71 bits per heavy atom. The minimum Gasteiger partial charge on any atom is -0.484 e. The molecule has 0 bridgehead atoms. The van der Waals surface area contributed by atoms with Crippen molar-refractivity contribution in [2.45, 2.75) is 6.92 Å². The van der Waals surface area contributed by atoms with Crippen molar-refractivity contribution >= 4 is 55.6 Å². The molecule has 1 amide bonds. The van der Waals surface area contributed by atoms with Gasteiger partial charge < -0.3 is 14.5 Å². The number of hydrogen-bond donors (Lipinski definition) is 1. The number of hydrogen-bond acceptors (Lipinski definition) is 6. The standard InChI is InChI=1S/C32H23BrN4O4/c1-20-9-12-24(13-10-20)35-30(38)19-40-25-6-4-5-21(15-25)18-34-37-31(36-27-8-3-2-7-26(27)32(37)39)29-17-22-16-23(33)11-14-28(22)41-29/h2-18H,19H2,1H3,(H,35,38). The molecule has 4 aromatic carbocycles. The van der Waals surface area contributed by atoms with Gasteiger partial charge in [0.2, 0.25) is 5.82 Å². The molecule has 8 nitrogen and oxygen atoms in total. The molecule has 0 unspecified atom stereocenters. The smallest absolute Gasteiger partial charge is 0.282 e. The number of nitrogens with one attached hydrogen (secondary N) is 1. The van der Waals surface area contributed by atoms with Crippen molar-refractivity contribution in [1.29, 1.82) is 0 Å². The third kappa shape index (κ3) is 5.80. The molecule has 0 saturated carbocycles. The average Bonchev–Trinajstić information content (AvgIpc) is 3.40. The van der Waals surface area contributed by atoms with Crippen LogP contribution in [-0.2, 0) is 4.79 Å². The van der Waals surface area contributed by atoms with E-state index in [1.54, 1.807) is 42.6 Å². The molecule has 9 heteroatoms. The van der Waals surface area contributed by atoms with Crippen LogP contribution in [0.15, 0.2) is 116 Å². The van der Waals surface area contributed by atoms with Crippen molar-refractivity contribution in [3.63, 3.8) is 0 Å². The summed E-state index contributed by atoms with van der Waals surface area (Å²) in [6.07, 6.45) is 1.54. The molecule has 0 atom stereocenters. The summed E-state index contributed by atoms with van der Waals surface area (Å²) in [5.74, 6) is 0.900. The fourth-order valence-corrected chi connectivity index (χ4v) is 4.69. The number of ether oxygens (including phenoxy) is 1. The highest BCUT2D eigenvalue weighted by molar-refractivity contribution is 9.10. The molecule has 2 heterocycles. The van der Waals surface area contributed by atoms with E-state index in [1.807, 2.05) is 67.6 Å². The van der Waals surface area contributed by atoms with Crippen molar-refractivity contribution in [2.75, 3.05) is 11.9 Å². The van der Waals surface area contributed by atoms with E-state index in [0.717, 1.165) is 15.4 Å². The van der Waals surface area contributed by atoms with Gasteiger partial charge in [0.25, 0.3) is 11.5 Å². The SMILES string of the molecule is Cc1ccc(NC(=O)COc2cccc(C=Nn3c(-c4cc5cc(Br)ccc5o4)nc4ccccc4c3=O)c2)cc1. The van der Waals surface area contributed by atoms with E-state index in [9.17, 15) is 9.59 Å². The molecule has 0 spiro atoms. The Kier molecular flexibility index (Phi) is 7.18. The molecular weight excluding hydrogens is 584 g/mol. The Balaban J connectivity index is 1.28. The Morgan fingerprint density at radius 2 is 1.85 bits per heavy atom. The van der Waals surface area contributed by atoms with Gasteiger partial charge in [-0.05, 0) is 73.2 Å². The Hall–Kier alpha value is -5.02. The fourth-order valence-electron chi connectivity index (χ4n) is 4.31. The maximum atomic E-state index is 13.5. The lowest BCUT2D eigenvalue weighted by molar-refractivity contribution is -0.118. The van der Waals surface area contributed by atoms with Crippen molar-refractivity contribution in [2.24, 2.45) is 5.10 Å². The molecule has 6 aromatic rings. The van der Waals surface area contributed by atoms with E-state index in [-0.39, 0.29) is 23.9 Å². The molecule has 41 heavy (non-hydrogen) atoms. The third-order valence-electron chi connectivity index (χ3n) is 6.34. The zero-order chi connectivity index (χ0) is 28.3. The van der Waals surface area contributed by atoms with Gasteiger partial charge in [-0.25, -0.2) is 4.98 Å². The molecule has 0 radical (unpaired) electrons. The highest BCUT2D eigenvalue weighted by Crippen LogP contribution is 2.29. The summed E-state index contributed by atoms with van der Waals surface area (Å²) in [6.45, 7) is 1.83. The summed E-state index contributed by atoms with van der Waals surface area (Å²) in [6, 6.07) is 29.2. The first kappa shape index (κ1) is 26.2. The third-order valence-corrected chi connectivity index (χ3v) is 6.83. The minimum absolute atomic E-state index is 0.158. The number of halogens is 1. The summed E-state index contributed by atoms with van der Waals surface area (Å²) in [5, 5.41) is 8.61. The number of nitrogens with zero attached hydrogens (tertiary/aromatic N) is 3. The molecule has 2 aromatic heterocycles. The molecule has 0 aliphatic rings.